The van der Waals surface area contributed by atoms with Gasteiger partial charge in [-0.05, 0) is 31.9 Å². The van der Waals surface area contributed by atoms with Crippen LogP contribution in [0, 0.1) is 13.8 Å². The molecule has 26 heavy (non-hydrogen) atoms. The number of aromatic nitrogens is 2. The molecule has 8 nitrogen and oxygen atoms in total. The van der Waals surface area contributed by atoms with Crippen LogP contribution in [0.4, 0.5) is 5.82 Å². The first-order chi connectivity index (χ1) is 12.1. The molecule has 1 aliphatic heterocycles. The summed E-state index contributed by atoms with van der Waals surface area (Å²) in [6.07, 6.45) is 0.413. The van der Waals surface area contributed by atoms with E-state index in [1.807, 2.05) is 0 Å². The molecule has 1 aromatic carbocycles. The summed E-state index contributed by atoms with van der Waals surface area (Å²) in [7, 11) is -5.54. The highest BCUT2D eigenvalue weighted by molar-refractivity contribution is 7.92. The van der Waals surface area contributed by atoms with Crippen LogP contribution in [0.2, 0.25) is 0 Å². The van der Waals surface area contributed by atoms with Crippen molar-refractivity contribution in [2.75, 3.05) is 23.3 Å². The van der Waals surface area contributed by atoms with E-state index in [2.05, 4.69) is 9.82 Å². The lowest BCUT2D eigenvalue weighted by Crippen LogP contribution is -2.20. The number of nitrogens with one attached hydrogen (secondary N) is 1. The lowest BCUT2D eigenvalue weighted by Gasteiger charge is -2.16. The second kappa shape index (κ2) is 6.58. The van der Waals surface area contributed by atoms with Crippen molar-refractivity contribution in [1.82, 2.24) is 9.78 Å². The Morgan fingerprint density at radius 3 is 2.62 bits per heavy atom. The summed E-state index contributed by atoms with van der Waals surface area (Å²) < 4.78 is 58.4. The van der Waals surface area contributed by atoms with Crippen LogP contribution < -0.4 is 9.46 Å². The second-order valence-electron chi connectivity index (χ2n) is 6.41. The number of methoxy groups -OCH3 is 1. The number of anilines is 1. The quantitative estimate of drug-likeness (QED) is 0.819. The van der Waals surface area contributed by atoms with Gasteiger partial charge in [0.1, 0.15) is 11.6 Å². The van der Waals surface area contributed by atoms with Gasteiger partial charge in [-0.2, -0.15) is 5.10 Å². The Morgan fingerprint density at radius 2 is 2.00 bits per heavy atom. The normalized spacial score (nSPS) is 19.4. The van der Waals surface area contributed by atoms with E-state index in [0.29, 0.717) is 23.4 Å². The summed E-state index contributed by atoms with van der Waals surface area (Å²) >= 11 is 0. The fourth-order valence-corrected chi connectivity index (χ4v) is 6.02. The van der Waals surface area contributed by atoms with Gasteiger partial charge in [0.2, 0.25) is 0 Å². The summed E-state index contributed by atoms with van der Waals surface area (Å²) in [5.41, 5.74) is 1.18. The number of hydrogen-bond acceptors (Lipinski definition) is 6. The van der Waals surface area contributed by atoms with Crippen LogP contribution in [0.3, 0.4) is 0 Å². The van der Waals surface area contributed by atoms with Crippen molar-refractivity contribution in [3.63, 3.8) is 0 Å². The molecule has 0 spiro atoms. The Hall–Kier alpha value is -2.07. The number of ether oxygens (including phenoxy) is 1. The molecule has 1 unspecified atom stereocenters. The first kappa shape index (κ1) is 18.7. The van der Waals surface area contributed by atoms with E-state index >= 15 is 0 Å². The molecule has 2 aromatic rings. The van der Waals surface area contributed by atoms with Crippen LogP contribution in [-0.4, -0.2) is 45.2 Å². The van der Waals surface area contributed by atoms with Gasteiger partial charge in [-0.3, -0.25) is 4.72 Å². The largest absolute Gasteiger partial charge is 0.497 e. The van der Waals surface area contributed by atoms with Crippen LogP contribution in [0.15, 0.2) is 29.2 Å². The Labute approximate surface area is 153 Å². The van der Waals surface area contributed by atoms with Crippen molar-refractivity contribution in [3.8, 4) is 5.75 Å². The zero-order valence-electron chi connectivity index (χ0n) is 14.8. The SMILES string of the molecule is COc1ccc(C)c(S(=O)(=O)Nc2cc(C)nn2C2CCS(=O)(=O)C2)c1. The third kappa shape index (κ3) is 3.70. The van der Waals surface area contributed by atoms with E-state index < -0.39 is 19.9 Å². The van der Waals surface area contributed by atoms with E-state index in [9.17, 15) is 16.8 Å². The molecule has 3 rings (SSSR count). The fraction of sp³-hybridized carbons (Fsp3) is 0.438. The molecule has 0 radical (unpaired) electrons. The lowest BCUT2D eigenvalue weighted by molar-refractivity contribution is 0.413. The summed E-state index contributed by atoms with van der Waals surface area (Å²) in [5, 5.41) is 4.29. The highest BCUT2D eigenvalue weighted by atomic mass is 32.2. The smallest absolute Gasteiger partial charge is 0.263 e. The predicted molar refractivity (Wildman–Crippen MR) is 97.8 cm³/mol. The molecule has 0 saturated carbocycles. The third-order valence-corrected chi connectivity index (χ3v) is 7.58. The average molecular weight is 399 g/mol. The van der Waals surface area contributed by atoms with E-state index in [4.69, 9.17) is 4.74 Å². The van der Waals surface area contributed by atoms with Crippen LogP contribution >= 0.6 is 0 Å². The molecule has 0 bridgehead atoms. The maximum absolute atomic E-state index is 12.9. The van der Waals surface area contributed by atoms with E-state index in [0.717, 1.165) is 0 Å². The molecule has 1 aliphatic rings. The van der Waals surface area contributed by atoms with Crippen LogP contribution in [0.25, 0.3) is 0 Å². The van der Waals surface area contributed by atoms with Crippen LogP contribution in [0.1, 0.15) is 23.7 Å². The molecule has 2 heterocycles. The van der Waals surface area contributed by atoms with Crippen molar-refractivity contribution in [2.24, 2.45) is 0 Å². The maximum Gasteiger partial charge on any atom is 0.263 e. The summed E-state index contributed by atoms with van der Waals surface area (Å²) in [6, 6.07) is 6.02. The van der Waals surface area contributed by atoms with Crippen molar-refractivity contribution >= 4 is 25.7 Å². The van der Waals surface area contributed by atoms with Gasteiger partial charge in [0.15, 0.2) is 9.84 Å². The highest BCUT2D eigenvalue weighted by Crippen LogP contribution is 2.29. The summed E-state index contributed by atoms with van der Waals surface area (Å²) in [5.74, 6) is 0.730. The van der Waals surface area contributed by atoms with Gasteiger partial charge in [-0.1, -0.05) is 6.07 Å². The zero-order chi connectivity index (χ0) is 19.1. The molecule has 10 heteroatoms. The van der Waals surface area contributed by atoms with Gasteiger partial charge in [0, 0.05) is 12.1 Å². The Kier molecular flexibility index (Phi) is 4.74. The lowest BCUT2D eigenvalue weighted by atomic mass is 10.2. The zero-order valence-corrected chi connectivity index (χ0v) is 16.4. The Balaban J connectivity index is 1.97. The van der Waals surface area contributed by atoms with Crippen molar-refractivity contribution in [3.05, 3.63) is 35.5 Å². The first-order valence-corrected chi connectivity index (χ1v) is 11.4. The predicted octanol–water partition coefficient (Wildman–Crippen LogP) is 1.67. The monoisotopic (exact) mass is 399 g/mol. The number of sulfone groups is 1. The number of rotatable bonds is 5. The topological polar surface area (TPSA) is 107 Å². The first-order valence-electron chi connectivity index (χ1n) is 8.05. The molecular formula is C16H21N3O5S2. The molecule has 1 N–H and O–H groups in total. The van der Waals surface area contributed by atoms with E-state index in [1.165, 1.54) is 17.9 Å². The van der Waals surface area contributed by atoms with Gasteiger partial charge in [0.25, 0.3) is 10.0 Å². The molecule has 1 fully saturated rings. The number of benzene rings is 1. The van der Waals surface area contributed by atoms with Crippen molar-refractivity contribution < 1.29 is 21.6 Å². The molecule has 1 atom stereocenters. The van der Waals surface area contributed by atoms with Crippen LogP contribution in [-0.2, 0) is 19.9 Å². The summed E-state index contributed by atoms with van der Waals surface area (Å²) in [6.45, 7) is 3.43. The molecule has 0 aliphatic carbocycles. The minimum absolute atomic E-state index is 0.0406. The number of aryl methyl sites for hydroxylation is 2. The third-order valence-electron chi connectivity index (χ3n) is 4.34. The molecule has 0 amide bonds. The van der Waals surface area contributed by atoms with Crippen LogP contribution in [0.5, 0.6) is 5.75 Å². The number of sulfonamides is 1. The van der Waals surface area contributed by atoms with Gasteiger partial charge in [-0.15, -0.1) is 0 Å². The molecule has 142 valence electrons. The maximum atomic E-state index is 12.9. The molecular weight excluding hydrogens is 378 g/mol. The minimum Gasteiger partial charge on any atom is -0.497 e. The Morgan fingerprint density at radius 1 is 1.27 bits per heavy atom. The van der Waals surface area contributed by atoms with Gasteiger partial charge >= 0.3 is 0 Å². The Bertz CT molecular complexity index is 1040. The number of nitrogens with zero attached hydrogens (tertiary/aromatic N) is 2. The average Bonchev–Trinajstić information content (AvgIpc) is 3.09. The molecule has 1 aromatic heterocycles. The van der Waals surface area contributed by atoms with E-state index in [1.54, 1.807) is 32.0 Å². The van der Waals surface area contributed by atoms with Crippen molar-refractivity contribution in [2.45, 2.75) is 31.2 Å². The summed E-state index contributed by atoms with van der Waals surface area (Å²) in [4.78, 5) is 0.0984. The highest BCUT2D eigenvalue weighted by Gasteiger charge is 2.32. The second-order valence-corrected chi connectivity index (χ2v) is 10.3. The standard InChI is InChI=1S/C16H21N3O5S2/c1-11-4-5-14(24-3)9-15(11)26(22,23)18-16-8-12(2)17-19(16)13-6-7-25(20,21)10-13/h4-5,8-9,13,18H,6-7,10H2,1-3H3. The van der Waals surface area contributed by atoms with Crippen molar-refractivity contribution in [1.29, 1.82) is 0 Å². The van der Waals surface area contributed by atoms with E-state index in [-0.39, 0.29) is 28.3 Å². The number of hydrogen-bond donors (Lipinski definition) is 1. The van der Waals surface area contributed by atoms with Gasteiger partial charge in [0.05, 0.1) is 35.2 Å². The van der Waals surface area contributed by atoms with Gasteiger partial charge < -0.3 is 4.74 Å². The fourth-order valence-electron chi connectivity index (χ4n) is 3.03. The van der Waals surface area contributed by atoms with Gasteiger partial charge in [-0.25, -0.2) is 21.5 Å². The minimum atomic E-state index is -3.88. The molecule has 1 saturated heterocycles.